The first-order valence-electron chi connectivity index (χ1n) is 0.447. The summed E-state index contributed by atoms with van der Waals surface area (Å²) in [6.07, 6.45) is 0. The molecule has 0 aliphatic carbocycles. The van der Waals surface area contributed by atoms with Crippen LogP contribution in [0.5, 0.6) is 0 Å². The average molecular weight is 101 g/mol. The van der Waals surface area contributed by atoms with Crippen molar-refractivity contribution in [1.82, 2.24) is 0 Å². The van der Waals surface area contributed by atoms with Gasteiger partial charge in [0.1, 0.15) is 0 Å². The van der Waals surface area contributed by atoms with E-state index in [1.165, 1.54) is 0 Å². The fourth-order valence-corrected chi connectivity index (χ4v) is 0. The third kappa shape index (κ3) is 22.3. The van der Waals surface area contributed by atoms with E-state index in [0.717, 1.165) is 7.11 Å². The van der Waals surface area contributed by atoms with Crippen molar-refractivity contribution < 1.29 is 29.1 Å². The van der Waals surface area contributed by atoms with Gasteiger partial charge in [-0.1, -0.05) is 0 Å². The van der Waals surface area contributed by atoms with E-state index >= 15 is 0 Å². The van der Waals surface area contributed by atoms with Gasteiger partial charge in [0.2, 0.25) is 0 Å². The number of hydrogen-bond donors (Lipinski definition) is 1. The molecule has 0 heterocycles. The minimum Gasteiger partial charge on any atom is -0.412 e. The molecule has 0 unspecified atom stereocenters. The molecule has 0 saturated carbocycles. The Balaban J connectivity index is -0.00000000500. The first-order valence-corrected chi connectivity index (χ1v) is 0.447. The molecular formula is CH6O2V. The van der Waals surface area contributed by atoms with Gasteiger partial charge in [0.05, 0.1) is 0 Å². The molecule has 0 aliphatic rings. The second-order valence-corrected chi connectivity index (χ2v) is 0. The van der Waals surface area contributed by atoms with Crippen molar-refractivity contribution >= 4 is 0 Å². The molecule has 3 heteroatoms. The Morgan fingerprint density at radius 2 is 1.25 bits per heavy atom. The maximum atomic E-state index is 7.00. The second kappa shape index (κ2) is 86.4. The van der Waals surface area contributed by atoms with Crippen LogP contribution in [0.4, 0.5) is 0 Å². The van der Waals surface area contributed by atoms with Gasteiger partial charge >= 0.3 is 0 Å². The van der Waals surface area contributed by atoms with Crippen molar-refractivity contribution in [1.29, 1.82) is 0 Å². The molecule has 1 radical (unpaired) electrons. The van der Waals surface area contributed by atoms with Crippen LogP contribution in [0.15, 0.2) is 0 Å². The van der Waals surface area contributed by atoms with E-state index < -0.39 is 0 Å². The molecule has 0 rings (SSSR count). The summed E-state index contributed by atoms with van der Waals surface area (Å²) in [5.74, 6) is 0. The molecule has 0 aliphatic heterocycles. The summed E-state index contributed by atoms with van der Waals surface area (Å²) in [6.45, 7) is 0. The molecule has 0 amide bonds. The van der Waals surface area contributed by atoms with Crippen molar-refractivity contribution in [3.63, 3.8) is 0 Å². The molecule has 2 nitrogen and oxygen atoms in total. The first-order chi connectivity index (χ1) is 1.00. The Morgan fingerprint density at radius 3 is 1.25 bits per heavy atom. The first kappa shape index (κ1) is 24.4. The van der Waals surface area contributed by atoms with Crippen molar-refractivity contribution in [2.45, 2.75) is 0 Å². The molecule has 0 aromatic heterocycles. The predicted octanol–water partition coefficient (Wildman–Crippen LogP) is -1.22. The van der Waals surface area contributed by atoms with Gasteiger partial charge < -0.3 is 10.6 Å². The van der Waals surface area contributed by atoms with Gasteiger partial charge in [-0.25, -0.2) is 0 Å². The van der Waals surface area contributed by atoms with E-state index in [9.17, 15) is 0 Å². The fourth-order valence-electron chi connectivity index (χ4n) is 0. The summed E-state index contributed by atoms with van der Waals surface area (Å²) in [5, 5.41) is 7.00. The maximum Gasteiger partial charge on any atom is 0.0319 e. The summed E-state index contributed by atoms with van der Waals surface area (Å²) < 4.78 is 0. The summed E-state index contributed by atoms with van der Waals surface area (Å²) in [6, 6.07) is 0. The van der Waals surface area contributed by atoms with Crippen LogP contribution in [-0.2, 0) is 18.6 Å². The molecule has 4 heavy (non-hydrogen) atoms. The largest absolute Gasteiger partial charge is 0.412 e. The molecular weight excluding hydrogens is 95.0 g/mol. The standard InChI is InChI=1S/CH4O.H2O.V/c1-2;;/h2H,1H3;1H2;. The van der Waals surface area contributed by atoms with Crippen molar-refractivity contribution in [3.05, 3.63) is 0 Å². The fraction of sp³-hybridized carbons (Fsp3) is 1.00. The van der Waals surface area contributed by atoms with E-state index in [0.29, 0.717) is 0 Å². The van der Waals surface area contributed by atoms with Crippen LogP contribution in [0.2, 0.25) is 0 Å². The van der Waals surface area contributed by atoms with E-state index in [4.69, 9.17) is 5.11 Å². The van der Waals surface area contributed by atoms with Crippen LogP contribution in [0.25, 0.3) is 0 Å². The molecule has 0 aromatic rings. The summed E-state index contributed by atoms with van der Waals surface area (Å²) >= 11 is 0. The Hall–Kier alpha value is 0.504. The van der Waals surface area contributed by atoms with Crippen molar-refractivity contribution in [2.75, 3.05) is 7.11 Å². The van der Waals surface area contributed by atoms with Gasteiger partial charge in [-0.05, 0) is 0 Å². The third-order valence-electron chi connectivity index (χ3n) is 0. The van der Waals surface area contributed by atoms with E-state index in [-0.39, 0.29) is 24.0 Å². The minimum absolute atomic E-state index is 0. The molecule has 0 bridgehead atoms. The van der Waals surface area contributed by atoms with Gasteiger partial charge in [-0.15, -0.1) is 0 Å². The zero-order chi connectivity index (χ0) is 2.00. The summed E-state index contributed by atoms with van der Waals surface area (Å²) in [7, 11) is 1.00. The molecule has 0 aromatic carbocycles. The Morgan fingerprint density at radius 1 is 1.25 bits per heavy atom. The Labute approximate surface area is 37.0 Å². The SMILES string of the molecule is CO.O.[V]. The quantitative estimate of drug-likeness (QED) is 0.408. The minimum atomic E-state index is 0. The third-order valence-corrected chi connectivity index (χ3v) is 0. The molecule has 3 N–H and O–H groups in total. The molecule has 0 fully saturated rings. The predicted molar refractivity (Wildman–Crippen MR) is 11.8 cm³/mol. The molecule has 0 atom stereocenters. The van der Waals surface area contributed by atoms with Crippen LogP contribution in [-0.4, -0.2) is 17.7 Å². The van der Waals surface area contributed by atoms with Crippen LogP contribution in [0.3, 0.4) is 0 Å². The smallest absolute Gasteiger partial charge is 0.0319 e. The van der Waals surface area contributed by atoms with Gasteiger partial charge in [-0.3, -0.25) is 0 Å². The summed E-state index contributed by atoms with van der Waals surface area (Å²) in [5.41, 5.74) is 0. The van der Waals surface area contributed by atoms with Gasteiger partial charge in [0.15, 0.2) is 0 Å². The normalized spacial score (nSPS) is 1.50. The number of rotatable bonds is 0. The van der Waals surface area contributed by atoms with Crippen LogP contribution < -0.4 is 0 Å². The molecule has 0 spiro atoms. The van der Waals surface area contributed by atoms with Crippen LogP contribution in [0.1, 0.15) is 0 Å². The average Bonchev–Trinajstić information content (AvgIpc) is 1.00. The Bertz CT molecular complexity index is 6.00. The van der Waals surface area contributed by atoms with E-state index in [1.807, 2.05) is 0 Å². The second-order valence-electron chi connectivity index (χ2n) is 0. The van der Waals surface area contributed by atoms with Crippen molar-refractivity contribution in [3.8, 4) is 0 Å². The molecule has 0 saturated heterocycles. The number of aliphatic hydroxyl groups excluding tert-OH is 1. The topological polar surface area (TPSA) is 51.7 Å². The van der Waals surface area contributed by atoms with E-state index in [1.54, 1.807) is 0 Å². The Kier molecular flexibility index (Phi) is 528. The monoisotopic (exact) mass is 101 g/mol. The molecule has 27 valence electrons. The van der Waals surface area contributed by atoms with Crippen molar-refractivity contribution in [2.24, 2.45) is 0 Å². The zero-order valence-electron chi connectivity index (χ0n) is 2.39. The van der Waals surface area contributed by atoms with Gasteiger partial charge in [0, 0.05) is 25.7 Å². The van der Waals surface area contributed by atoms with Crippen LogP contribution in [0, 0.1) is 0 Å². The summed E-state index contributed by atoms with van der Waals surface area (Å²) in [4.78, 5) is 0. The van der Waals surface area contributed by atoms with Gasteiger partial charge in [-0.2, -0.15) is 0 Å². The number of hydrogen-bond acceptors (Lipinski definition) is 1. The number of aliphatic hydroxyl groups is 1. The maximum absolute atomic E-state index is 7.00. The van der Waals surface area contributed by atoms with E-state index in [2.05, 4.69) is 0 Å². The van der Waals surface area contributed by atoms with Crippen LogP contribution >= 0.6 is 0 Å². The van der Waals surface area contributed by atoms with Gasteiger partial charge in [0.25, 0.3) is 0 Å². The zero-order valence-corrected chi connectivity index (χ0v) is 3.79.